The van der Waals surface area contributed by atoms with E-state index in [-0.39, 0.29) is 11.8 Å². The average Bonchev–Trinajstić information content (AvgIpc) is 2.29. The zero-order valence-corrected chi connectivity index (χ0v) is 9.28. The SMILES string of the molecule is NCC1(CC(=O)O)CCCc2ccccc21. The maximum Gasteiger partial charge on any atom is 0.304 e. The molecule has 0 amide bonds. The van der Waals surface area contributed by atoms with Crippen molar-refractivity contribution < 1.29 is 9.90 Å². The lowest BCUT2D eigenvalue weighted by Crippen LogP contribution is -2.40. The van der Waals surface area contributed by atoms with Gasteiger partial charge in [0.15, 0.2) is 0 Å². The Labute approximate surface area is 95.3 Å². The lowest BCUT2D eigenvalue weighted by atomic mass is 9.68. The van der Waals surface area contributed by atoms with Crippen molar-refractivity contribution in [1.29, 1.82) is 0 Å². The quantitative estimate of drug-likeness (QED) is 0.813. The Balaban J connectivity index is 2.44. The first-order valence-corrected chi connectivity index (χ1v) is 5.68. The van der Waals surface area contributed by atoms with Gasteiger partial charge >= 0.3 is 5.97 Å². The summed E-state index contributed by atoms with van der Waals surface area (Å²) in [5, 5.41) is 9.03. The summed E-state index contributed by atoms with van der Waals surface area (Å²) in [4.78, 5) is 11.0. The van der Waals surface area contributed by atoms with Crippen LogP contribution in [0.25, 0.3) is 0 Å². The molecular formula is C13H17NO2. The predicted molar refractivity (Wildman–Crippen MR) is 62.4 cm³/mol. The standard InChI is InChI=1S/C13H17NO2/c14-9-13(8-12(15)16)7-3-5-10-4-1-2-6-11(10)13/h1-2,4,6H,3,5,7-9,14H2,(H,15,16). The van der Waals surface area contributed by atoms with E-state index >= 15 is 0 Å². The molecule has 86 valence electrons. The monoisotopic (exact) mass is 219 g/mol. The number of hydrogen-bond donors (Lipinski definition) is 2. The summed E-state index contributed by atoms with van der Waals surface area (Å²) in [6, 6.07) is 8.09. The van der Waals surface area contributed by atoms with Gasteiger partial charge in [-0.1, -0.05) is 24.3 Å². The lowest BCUT2D eigenvalue weighted by molar-refractivity contribution is -0.138. The van der Waals surface area contributed by atoms with Crippen LogP contribution in [-0.4, -0.2) is 17.6 Å². The fraction of sp³-hybridized carbons (Fsp3) is 0.462. The zero-order chi connectivity index (χ0) is 11.6. The number of hydrogen-bond acceptors (Lipinski definition) is 2. The molecular weight excluding hydrogens is 202 g/mol. The van der Waals surface area contributed by atoms with Gasteiger partial charge in [-0.05, 0) is 30.4 Å². The predicted octanol–water partition coefficient (Wildman–Crippen LogP) is 1.69. The van der Waals surface area contributed by atoms with Crippen molar-refractivity contribution in [2.24, 2.45) is 5.73 Å². The zero-order valence-electron chi connectivity index (χ0n) is 9.28. The molecule has 0 spiro atoms. The number of aryl methyl sites for hydroxylation is 1. The van der Waals surface area contributed by atoms with Crippen LogP contribution in [-0.2, 0) is 16.6 Å². The Hall–Kier alpha value is -1.35. The molecule has 1 aliphatic carbocycles. The van der Waals surface area contributed by atoms with Crippen LogP contribution in [0, 0.1) is 0 Å². The van der Waals surface area contributed by atoms with Crippen molar-refractivity contribution in [3.63, 3.8) is 0 Å². The average molecular weight is 219 g/mol. The number of rotatable bonds is 3. The van der Waals surface area contributed by atoms with Crippen LogP contribution in [0.5, 0.6) is 0 Å². The van der Waals surface area contributed by atoms with E-state index in [0.29, 0.717) is 6.54 Å². The number of carbonyl (C=O) groups is 1. The van der Waals surface area contributed by atoms with Gasteiger partial charge in [0.25, 0.3) is 0 Å². The summed E-state index contributed by atoms with van der Waals surface area (Å²) in [5.74, 6) is -0.762. The largest absolute Gasteiger partial charge is 0.481 e. The number of aliphatic carboxylic acids is 1. The van der Waals surface area contributed by atoms with E-state index in [2.05, 4.69) is 6.07 Å². The Kier molecular flexibility index (Phi) is 2.97. The Bertz CT molecular complexity index is 403. The molecule has 0 radical (unpaired) electrons. The second-order valence-corrected chi connectivity index (χ2v) is 4.57. The van der Waals surface area contributed by atoms with E-state index in [1.165, 1.54) is 5.56 Å². The molecule has 16 heavy (non-hydrogen) atoms. The number of carboxylic acid groups (broad SMARTS) is 1. The molecule has 0 bridgehead atoms. The number of carboxylic acids is 1. The third-order valence-corrected chi connectivity index (χ3v) is 3.57. The van der Waals surface area contributed by atoms with E-state index in [1.807, 2.05) is 18.2 Å². The molecule has 0 saturated heterocycles. The van der Waals surface area contributed by atoms with E-state index in [1.54, 1.807) is 0 Å². The molecule has 1 aliphatic rings. The van der Waals surface area contributed by atoms with Crippen LogP contribution in [0.3, 0.4) is 0 Å². The summed E-state index contributed by atoms with van der Waals surface area (Å²) in [7, 11) is 0. The number of benzene rings is 1. The van der Waals surface area contributed by atoms with Gasteiger partial charge in [-0.3, -0.25) is 4.79 Å². The van der Waals surface area contributed by atoms with Crippen molar-refractivity contribution in [2.45, 2.75) is 31.1 Å². The molecule has 0 fully saturated rings. The van der Waals surface area contributed by atoms with Crippen molar-refractivity contribution in [3.05, 3.63) is 35.4 Å². The second kappa shape index (κ2) is 4.26. The normalized spacial score (nSPS) is 23.8. The maximum absolute atomic E-state index is 11.0. The smallest absolute Gasteiger partial charge is 0.304 e. The topological polar surface area (TPSA) is 63.3 Å². The third-order valence-electron chi connectivity index (χ3n) is 3.57. The van der Waals surface area contributed by atoms with Gasteiger partial charge in [-0.25, -0.2) is 0 Å². The highest BCUT2D eigenvalue weighted by Crippen LogP contribution is 2.39. The fourth-order valence-electron chi connectivity index (χ4n) is 2.76. The molecule has 0 heterocycles. The van der Waals surface area contributed by atoms with Crippen LogP contribution in [0.15, 0.2) is 24.3 Å². The minimum absolute atomic E-state index is 0.139. The van der Waals surface area contributed by atoms with Crippen LogP contribution in [0.4, 0.5) is 0 Å². The molecule has 1 aromatic rings. The van der Waals surface area contributed by atoms with Crippen LogP contribution in [0.2, 0.25) is 0 Å². The number of fused-ring (bicyclic) bond motifs is 1. The highest BCUT2D eigenvalue weighted by atomic mass is 16.4. The molecule has 0 saturated carbocycles. The van der Waals surface area contributed by atoms with Gasteiger partial charge in [0.2, 0.25) is 0 Å². The molecule has 1 atom stereocenters. The van der Waals surface area contributed by atoms with Crippen molar-refractivity contribution in [3.8, 4) is 0 Å². The molecule has 1 aromatic carbocycles. The molecule has 2 rings (SSSR count). The van der Waals surface area contributed by atoms with Gasteiger partial charge in [0.1, 0.15) is 0 Å². The highest BCUT2D eigenvalue weighted by Gasteiger charge is 2.37. The van der Waals surface area contributed by atoms with Crippen LogP contribution >= 0.6 is 0 Å². The third kappa shape index (κ3) is 1.83. The highest BCUT2D eigenvalue weighted by molar-refractivity contribution is 5.69. The minimum atomic E-state index is -0.762. The van der Waals surface area contributed by atoms with E-state index < -0.39 is 5.97 Å². The second-order valence-electron chi connectivity index (χ2n) is 4.57. The molecule has 3 nitrogen and oxygen atoms in total. The van der Waals surface area contributed by atoms with Gasteiger partial charge < -0.3 is 10.8 Å². The first-order chi connectivity index (χ1) is 7.68. The molecule has 1 unspecified atom stereocenters. The molecule has 0 aromatic heterocycles. The van der Waals surface area contributed by atoms with E-state index in [4.69, 9.17) is 10.8 Å². The first kappa shape index (κ1) is 11.1. The maximum atomic E-state index is 11.0. The van der Waals surface area contributed by atoms with Gasteiger partial charge in [0, 0.05) is 12.0 Å². The van der Waals surface area contributed by atoms with E-state index in [9.17, 15) is 4.79 Å². The minimum Gasteiger partial charge on any atom is -0.481 e. The Morgan fingerprint density at radius 3 is 2.88 bits per heavy atom. The summed E-state index contributed by atoms with van der Waals surface area (Å²) in [6.45, 7) is 0.413. The summed E-state index contributed by atoms with van der Waals surface area (Å²) < 4.78 is 0. The molecule has 0 aliphatic heterocycles. The Morgan fingerprint density at radius 2 is 2.19 bits per heavy atom. The molecule has 3 heteroatoms. The van der Waals surface area contributed by atoms with Crippen LogP contribution < -0.4 is 5.73 Å². The van der Waals surface area contributed by atoms with Crippen LogP contribution in [0.1, 0.15) is 30.4 Å². The lowest BCUT2D eigenvalue weighted by Gasteiger charge is -2.37. The fourth-order valence-corrected chi connectivity index (χ4v) is 2.76. The summed E-state index contributed by atoms with van der Waals surface area (Å²) >= 11 is 0. The van der Waals surface area contributed by atoms with Gasteiger partial charge in [0.05, 0.1) is 6.42 Å². The summed E-state index contributed by atoms with van der Waals surface area (Å²) in [5.41, 5.74) is 7.90. The van der Waals surface area contributed by atoms with E-state index in [0.717, 1.165) is 24.8 Å². The summed E-state index contributed by atoms with van der Waals surface area (Å²) in [6.07, 6.45) is 3.09. The first-order valence-electron chi connectivity index (χ1n) is 5.68. The van der Waals surface area contributed by atoms with Crippen molar-refractivity contribution >= 4 is 5.97 Å². The molecule has 3 N–H and O–H groups in total. The Morgan fingerprint density at radius 1 is 1.44 bits per heavy atom. The van der Waals surface area contributed by atoms with Gasteiger partial charge in [-0.15, -0.1) is 0 Å². The number of nitrogens with two attached hydrogens (primary N) is 1. The van der Waals surface area contributed by atoms with Crippen molar-refractivity contribution in [2.75, 3.05) is 6.54 Å². The van der Waals surface area contributed by atoms with Gasteiger partial charge in [-0.2, -0.15) is 0 Å². The van der Waals surface area contributed by atoms with Crippen molar-refractivity contribution in [1.82, 2.24) is 0 Å².